The first kappa shape index (κ1) is 15.5. The van der Waals surface area contributed by atoms with Gasteiger partial charge in [0.25, 0.3) is 0 Å². The first-order valence-electron chi connectivity index (χ1n) is 8.64. The summed E-state index contributed by atoms with van der Waals surface area (Å²) in [5.74, 6) is -0.00716. The van der Waals surface area contributed by atoms with Gasteiger partial charge in [-0.1, -0.05) is 38.3 Å². The van der Waals surface area contributed by atoms with Gasteiger partial charge in [0.05, 0.1) is 5.56 Å². The van der Waals surface area contributed by atoms with Crippen LogP contribution in [0.5, 0.6) is 0 Å². The third kappa shape index (κ3) is 3.19. The zero-order valence-corrected chi connectivity index (χ0v) is 13.6. The van der Waals surface area contributed by atoms with Crippen molar-refractivity contribution in [2.45, 2.75) is 52.0 Å². The second kappa shape index (κ2) is 6.41. The molecule has 1 N–H and O–H groups in total. The normalized spacial score (nSPS) is 25.2. The highest BCUT2D eigenvalue weighted by Crippen LogP contribution is 2.47. The number of benzene rings is 1. The monoisotopic (exact) mass is 301 g/mol. The van der Waals surface area contributed by atoms with E-state index in [1.54, 1.807) is 6.07 Å². The molecular weight excluding hydrogens is 274 g/mol. The van der Waals surface area contributed by atoms with Gasteiger partial charge in [0.2, 0.25) is 0 Å². The number of carboxylic acid groups (broad SMARTS) is 1. The maximum atomic E-state index is 11.1. The number of carbonyl (C=O) groups is 1. The predicted octanol–water partition coefficient (Wildman–Crippen LogP) is 4.18. The van der Waals surface area contributed by atoms with E-state index < -0.39 is 5.97 Å². The third-order valence-electron chi connectivity index (χ3n) is 5.89. The van der Waals surface area contributed by atoms with Gasteiger partial charge in [-0.3, -0.25) is 4.90 Å². The standard InChI is InChI=1S/C19H27NO2/c1-15-8-11-20(14-19(15)9-3-2-4-10-19)13-16-6-5-7-17(12-16)18(21)22/h5-7,12,15H,2-4,8-11,13-14H2,1H3,(H,21,22). The summed E-state index contributed by atoms with van der Waals surface area (Å²) in [6.45, 7) is 5.65. The summed E-state index contributed by atoms with van der Waals surface area (Å²) in [5, 5.41) is 9.13. The Labute approximate surface area is 133 Å². The summed E-state index contributed by atoms with van der Waals surface area (Å²) >= 11 is 0. The zero-order chi connectivity index (χ0) is 15.6. The average Bonchev–Trinajstić information content (AvgIpc) is 2.52. The van der Waals surface area contributed by atoms with E-state index in [1.165, 1.54) is 45.1 Å². The van der Waals surface area contributed by atoms with Crippen molar-refractivity contribution in [2.75, 3.05) is 13.1 Å². The topological polar surface area (TPSA) is 40.5 Å². The zero-order valence-electron chi connectivity index (χ0n) is 13.6. The van der Waals surface area contributed by atoms with Gasteiger partial charge in [0.1, 0.15) is 0 Å². The summed E-state index contributed by atoms with van der Waals surface area (Å²) in [5.41, 5.74) is 2.04. The van der Waals surface area contributed by atoms with Crippen LogP contribution >= 0.6 is 0 Å². The maximum Gasteiger partial charge on any atom is 0.335 e. The fourth-order valence-electron chi connectivity index (χ4n) is 4.47. The van der Waals surface area contributed by atoms with Crippen molar-refractivity contribution >= 4 is 5.97 Å². The number of aromatic carboxylic acids is 1. The number of likely N-dealkylation sites (tertiary alicyclic amines) is 1. The van der Waals surface area contributed by atoms with Crippen LogP contribution in [0.3, 0.4) is 0 Å². The first-order chi connectivity index (χ1) is 10.6. The molecule has 0 bridgehead atoms. The van der Waals surface area contributed by atoms with Crippen LogP contribution in [0, 0.1) is 11.3 Å². The molecule has 1 heterocycles. The SMILES string of the molecule is CC1CCN(Cc2cccc(C(=O)O)c2)CC12CCCCC2. The molecular formula is C19H27NO2. The van der Waals surface area contributed by atoms with Gasteiger partial charge in [0, 0.05) is 13.1 Å². The molecule has 0 amide bonds. The molecule has 1 aliphatic heterocycles. The summed E-state index contributed by atoms with van der Waals surface area (Å²) in [4.78, 5) is 13.7. The smallest absolute Gasteiger partial charge is 0.335 e. The molecule has 3 rings (SSSR count). The average molecular weight is 301 g/mol. The minimum Gasteiger partial charge on any atom is -0.478 e. The Bertz CT molecular complexity index is 534. The van der Waals surface area contributed by atoms with Gasteiger partial charge in [0.15, 0.2) is 0 Å². The summed E-state index contributed by atoms with van der Waals surface area (Å²) < 4.78 is 0. The fraction of sp³-hybridized carbons (Fsp3) is 0.632. The van der Waals surface area contributed by atoms with Gasteiger partial charge in [-0.2, -0.15) is 0 Å². The molecule has 2 aliphatic rings. The van der Waals surface area contributed by atoms with E-state index in [4.69, 9.17) is 5.11 Å². The maximum absolute atomic E-state index is 11.1. The van der Waals surface area contributed by atoms with Crippen LogP contribution in [0.2, 0.25) is 0 Å². The molecule has 1 unspecified atom stereocenters. The molecule has 0 radical (unpaired) electrons. The Morgan fingerprint density at radius 3 is 2.82 bits per heavy atom. The Morgan fingerprint density at radius 1 is 1.32 bits per heavy atom. The lowest BCUT2D eigenvalue weighted by atomic mass is 9.63. The van der Waals surface area contributed by atoms with E-state index in [9.17, 15) is 4.79 Å². The van der Waals surface area contributed by atoms with Crippen molar-refractivity contribution in [3.8, 4) is 0 Å². The van der Waals surface area contributed by atoms with Gasteiger partial charge >= 0.3 is 5.97 Å². The van der Waals surface area contributed by atoms with Crippen LogP contribution in [0.4, 0.5) is 0 Å². The summed E-state index contributed by atoms with van der Waals surface area (Å²) in [6, 6.07) is 7.42. The second-order valence-corrected chi connectivity index (χ2v) is 7.33. The largest absolute Gasteiger partial charge is 0.478 e. The van der Waals surface area contributed by atoms with Gasteiger partial charge < -0.3 is 5.11 Å². The number of carboxylic acids is 1. The number of nitrogens with zero attached hydrogens (tertiary/aromatic N) is 1. The lowest BCUT2D eigenvalue weighted by molar-refractivity contribution is 0.000789. The minimum atomic E-state index is -0.835. The molecule has 1 saturated carbocycles. The quantitative estimate of drug-likeness (QED) is 0.910. The molecule has 1 saturated heterocycles. The molecule has 0 aromatic heterocycles. The number of hydrogen-bond donors (Lipinski definition) is 1. The molecule has 1 aromatic carbocycles. The Balaban J connectivity index is 1.70. The van der Waals surface area contributed by atoms with Crippen molar-refractivity contribution in [1.82, 2.24) is 4.90 Å². The lowest BCUT2D eigenvalue weighted by Gasteiger charge is -2.49. The highest BCUT2D eigenvalue weighted by atomic mass is 16.4. The highest BCUT2D eigenvalue weighted by molar-refractivity contribution is 5.87. The van der Waals surface area contributed by atoms with Crippen molar-refractivity contribution in [2.24, 2.45) is 11.3 Å². The molecule has 1 atom stereocenters. The van der Waals surface area contributed by atoms with Crippen LogP contribution in [0.25, 0.3) is 0 Å². The minimum absolute atomic E-state index is 0.398. The van der Waals surface area contributed by atoms with Crippen molar-refractivity contribution in [3.05, 3.63) is 35.4 Å². The Hall–Kier alpha value is -1.35. The Morgan fingerprint density at radius 2 is 2.09 bits per heavy atom. The molecule has 22 heavy (non-hydrogen) atoms. The predicted molar refractivity (Wildman–Crippen MR) is 88.0 cm³/mol. The van der Waals surface area contributed by atoms with E-state index in [1.807, 2.05) is 12.1 Å². The summed E-state index contributed by atoms with van der Waals surface area (Å²) in [6.07, 6.45) is 8.19. The third-order valence-corrected chi connectivity index (χ3v) is 5.89. The molecule has 2 fully saturated rings. The van der Waals surface area contributed by atoms with E-state index in [0.29, 0.717) is 11.0 Å². The number of rotatable bonds is 3. The molecule has 1 aliphatic carbocycles. The van der Waals surface area contributed by atoms with Crippen LogP contribution in [0.15, 0.2) is 24.3 Å². The van der Waals surface area contributed by atoms with Crippen molar-refractivity contribution < 1.29 is 9.90 Å². The summed E-state index contributed by atoms with van der Waals surface area (Å²) in [7, 11) is 0. The lowest BCUT2D eigenvalue weighted by Crippen LogP contribution is -2.48. The van der Waals surface area contributed by atoms with Crippen LogP contribution < -0.4 is 0 Å². The number of piperidine rings is 1. The van der Waals surface area contributed by atoms with Gasteiger partial charge in [-0.25, -0.2) is 4.79 Å². The van der Waals surface area contributed by atoms with Gasteiger partial charge in [-0.05, 0) is 54.8 Å². The molecule has 1 spiro atoms. The van der Waals surface area contributed by atoms with E-state index in [2.05, 4.69) is 17.9 Å². The molecule has 3 heteroatoms. The Kier molecular flexibility index (Phi) is 4.53. The number of hydrogen-bond acceptors (Lipinski definition) is 2. The van der Waals surface area contributed by atoms with E-state index in [0.717, 1.165) is 24.6 Å². The van der Waals surface area contributed by atoms with Crippen LogP contribution in [0.1, 0.15) is 61.4 Å². The second-order valence-electron chi connectivity index (χ2n) is 7.33. The van der Waals surface area contributed by atoms with Crippen LogP contribution in [-0.4, -0.2) is 29.1 Å². The highest BCUT2D eigenvalue weighted by Gasteiger charge is 2.41. The van der Waals surface area contributed by atoms with E-state index in [-0.39, 0.29) is 0 Å². The van der Waals surface area contributed by atoms with Gasteiger partial charge in [-0.15, -0.1) is 0 Å². The fourth-order valence-corrected chi connectivity index (χ4v) is 4.47. The molecule has 120 valence electrons. The van der Waals surface area contributed by atoms with Crippen molar-refractivity contribution in [1.29, 1.82) is 0 Å². The van der Waals surface area contributed by atoms with E-state index >= 15 is 0 Å². The first-order valence-corrected chi connectivity index (χ1v) is 8.64. The molecule has 1 aromatic rings. The van der Waals surface area contributed by atoms with Crippen molar-refractivity contribution in [3.63, 3.8) is 0 Å². The van der Waals surface area contributed by atoms with Crippen LogP contribution in [-0.2, 0) is 6.54 Å². The molecule has 3 nitrogen and oxygen atoms in total.